The molecule has 0 heterocycles. The minimum Gasteiger partial charge on any atom is -0.326 e. The van der Waals surface area contributed by atoms with Gasteiger partial charge in [-0.15, -0.1) is 0 Å². The zero-order chi connectivity index (χ0) is 11.5. The average Bonchev–Trinajstić information content (AvgIpc) is 2.46. The third kappa shape index (κ3) is 2.94. The van der Waals surface area contributed by atoms with Crippen LogP contribution in [0.5, 0.6) is 0 Å². The number of nitrogens with zero attached hydrogens (tertiary/aromatic N) is 1. The summed E-state index contributed by atoms with van der Waals surface area (Å²) < 4.78 is 0. The van der Waals surface area contributed by atoms with E-state index in [0.29, 0.717) is 17.5 Å². The van der Waals surface area contributed by atoms with Crippen LogP contribution in [-0.4, -0.2) is 30.1 Å². The molecule has 1 fully saturated rings. The summed E-state index contributed by atoms with van der Waals surface area (Å²) >= 11 is 0. The highest BCUT2D eigenvalue weighted by Gasteiger charge is 2.41. The third-order valence-corrected chi connectivity index (χ3v) is 4.08. The predicted octanol–water partition coefficient (Wildman–Crippen LogP) is 2.62. The molecule has 0 aromatic carbocycles. The monoisotopic (exact) mass is 212 g/mol. The smallest absolute Gasteiger partial charge is 0.0252 e. The number of likely N-dealkylation sites (N-methyl/N-ethyl adjacent to an activating group) is 1. The van der Waals surface area contributed by atoms with Gasteiger partial charge in [0.2, 0.25) is 0 Å². The first-order valence-corrected chi connectivity index (χ1v) is 6.52. The van der Waals surface area contributed by atoms with E-state index < -0.39 is 0 Å². The van der Waals surface area contributed by atoms with Gasteiger partial charge in [0.15, 0.2) is 0 Å². The van der Waals surface area contributed by atoms with E-state index in [0.717, 1.165) is 6.54 Å². The van der Waals surface area contributed by atoms with Crippen molar-refractivity contribution in [1.29, 1.82) is 0 Å². The molecule has 1 aliphatic carbocycles. The van der Waals surface area contributed by atoms with Gasteiger partial charge in [-0.3, -0.25) is 4.90 Å². The highest BCUT2D eigenvalue weighted by molar-refractivity contribution is 4.98. The van der Waals surface area contributed by atoms with Crippen molar-refractivity contribution in [2.45, 2.75) is 65.5 Å². The maximum absolute atomic E-state index is 6.36. The SMILES string of the molecule is CCCCN(CC)C1CCC(C)(C)C1N. The van der Waals surface area contributed by atoms with E-state index in [1.165, 1.54) is 32.2 Å². The second-order valence-electron chi connectivity index (χ2n) is 5.60. The summed E-state index contributed by atoms with van der Waals surface area (Å²) in [5, 5.41) is 0. The Morgan fingerprint density at radius 2 is 2.00 bits per heavy atom. The highest BCUT2D eigenvalue weighted by atomic mass is 15.2. The molecule has 2 atom stereocenters. The molecule has 0 aliphatic heterocycles. The van der Waals surface area contributed by atoms with Gasteiger partial charge in [0.05, 0.1) is 0 Å². The minimum atomic E-state index is 0.338. The van der Waals surface area contributed by atoms with Crippen LogP contribution in [0.2, 0.25) is 0 Å². The molecule has 1 saturated carbocycles. The first-order valence-electron chi connectivity index (χ1n) is 6.52. The van der Waals surface area contributed by atoms with Gasteiger partial charge in [-0.25, -0.2) is 0 Å². The van der Waals surface area contributed by atoms with Crippen LogP contribution < -0.4 is 5.73 Å². The molecule has 90 valence electrons. The predicted molar refractivity (Wildman–Crippen MR) is 66.9 cm³/mol. The fourth-order valence-corrected chi connectivity index (χ4v) is 2.72. The fraction of sp³-hybridized carbons (Fsp3) is 1.00. The second-order valence-corrected chi connectivity index (χ2v) is 5.60. The zero-order valence-electron chi connectivity index (χ0n) is 10.9. The maximum atomic E-state index is 6.36. The molecule has 2 nitrogen and oxygen atoms in total. The highest BCUT2D eigenvalue weighted by Crippen LogP contribution is 2.38. The Labute approximate surface area is 95.2 Å². The molecule has 2 N–H and O–H groups in total. The first-order chi connectivity index (χ1) is 7.03. The fourth-order valence-electron chi connectivity index (χ4n) is 2.72. The van der Waals surface area contributed by atoms with Crippen molar-refractivity contribution in [2.24, 2.45) is 11.1 Å². The lowest BCUT2D eigenvalue weighted by Crippen LogP contribution is -2.49. The Kier molecular flexibility index (Phi) is 4.60. The number of rotatable bonds is 5. The van der Waals surface area contributed by atoms with Crippen molar-refractivity contribution in [2.75, 3.05) is 13.1 Å². The molecule has 0 saturated heterocycles. The summed E-state index contributed by atoms with van der Waals surface area (Å²) in [6, 6.07) is 0.978. The number of hydrogen-bond donors (Lipinski definition) is 1. The Morgan fingerprint density at radius 3 is 2.40 bits per heavy atom. The third-order valence-electron chi connectivity index (χ3n) is 4.08. The van der Waals surface area contributed by atoms with Crippen molar-refractivity contribution in [3.63, 3.8) is 0 Å². The standard InChI is InChI=1S/C13H28N2/c1-5-7-10-15(6-2)11-8-9-13(3,4)12(11)14/h11-12H,5-10,14H2,1-4H3. The first kappa shape index (κ1) is 13.0. The Morgan fingerprint density at radius 1 is 1.33 bits per heavy atom. The van der Waals surface area contributed by atoms with E-state index >= 15 is 0 Å². The van der Waals surface area contributed by atoms with Crippen LogP contribution in [0.25, 0.3) is 0 Å². The average molecular weight is 212 g/mol. The lowest BCUT2D eigenvalue weighted by atomic mass is 9.87. The van der Waals surface area contributed by atoms with Gasteiger partial charge < -0.3 is 5.73 Å². The van der Waals surface area contributed by atoms with Gasteiger partial charge in [0.1, 0.15) is 0 Å². The van der Waals surface area contributed by atoms with Gasteiger partial charge in [-0.1, -0.05) is 34.1 Å². The Hall–Kier alpha value is -0.0800. The summed E-state index contributed by atoms with van der Waals surface area (Å²) in [7, 11) is 0. The van der Waals surface area contributed by atoms with Crippen LogP contribution >= 0.6 is 0 Å². The largest absolute Gasteiger partial charge is 0.326 e. The minimum absolute atomic E-state index is 0.338. The van der Waals surface area contributed by atoms with Gasteiger partial charge in [0, 0.05) is 12.1 Å². The molecule has 0 aromatic heterocycles. The van der Waals surface area contributed by atoms with Gasteiger partial charge in [-0.05, 0) is 37.8 Å². The molecule has 0 bridgehead atoms. The molecule has 15 heavy (non-hydrogen) atoms. The van der Waals surface area contributed by atoms with Crippen molar-refractivity contribution in [3.05, 3.63) is 0 Å². The molecule has 0 radical (unpaired) electrons. The van der Waals surface area contributed by atoms with Gasteiger partial charge in [0.25, 0.3) is 0 Å². The second kappa shape index (κ2) is 5.31. The maximum Gasteiger partial charge on any atom is 0.0252 e. The van der Waals surface area contributed by atoms with Crippen molar-refractivity contribution >= 4 is 0 Å². The van der Waals surface area contributed by atoms with Crippen molar-refractivity contribution in [3.8, 4) is 0 Å². The van der Waals surface area contributed by atoms with Crippen molar-refractivity contribution in [1.82, 2.24) is 4.90 Å². The topological polar surface area (TPSA) is 29.3 Å². The van der Waals surface area contributed by atoms with E-state index in [4.69, 9.17) is 5.73 Å². The molecule has 2 heteroatoms. The molecule has 2 unspecified atom stereocenters. The number of nitrogens with two attached hydrogens (primary N) is 1. The van der Waals surface area contributed by atoms with Crippen LogP contribution in [0, 0.1) is 5.41 Å². The van der Waals surface area contributed by atoms with E-state index in [2.05, 4.69) is 32.6 Å². The normalized spacial score (nSPS) is 30.0. The zero-order valence-corrected chi connectivity index (χ0v) is 10.9. The molecule has 1 rings (SSSR count). The molecule has 1 aliphatic rings. The van der Waals surface area contributed by atoms with Crippen LogP contribution in [0.15, 0.2) is 0 Å². The quantitative estimate of drug-likeness (QED) is 0.759. The van der Waals surface area contributed by atoms with Crippen LogP contribution in [0.4, 0.5) is 0 Å². The van der Waals surface area contributed by atoms with Crippen LogP contribution in [-0.2, 0) is 0 Å². The lowest BCUT2D eigenvalue weighted by Gasteiger charge is -2.34. The van der Waals surface area contributed by atoms with Crippen molar-refractivity contribution < 1.29 is 0 Å². The molecule has 0 aromatic rings. The summed E-state index contributed by atoms with van der Waals surface area (Å²) in [6.45, 7) is 11.5. The summed E-state index contributed by atoms with van der Waals surface area (Å²) in [4.78, 5) is 2.59. The molecule has 0 amide bonds. The van der Waals surface area contributed by atoms with Crippen LogP contribution in [0.3, 0.4) is 0 Å². The van der Waals surface area contributed by atoms with E-state index in [1.807, 2.05) is 0 Å². The van der Waals surface area contributed by atoms with Gasteiger partial charge in [-0.2, -0.15) is 0 Å². The summed E-state index contributed by atoms with van der Waals surface area (Å²) in [5.41, 5.74) is 6.70. The molecule has 0 spiro atoms. The van der Waals surface area contributed by atoms with Crippen LogP contribution in [0.1, 0.15) is 53.4 Å². The van der Waals surface area contributed by atoms with E-state index in [9.17, 15) is 0 Å². The molecular formula is C13H28N2. The Balaban J connectivity index is 2.54. The number of unbranched alkanes of at least 4 members (excludes halogenated alkanes) is 1. The van der Waals surface area contributed by atoms with Gasteiger partial charge >= 0.3 is 0 Å². The summed E-state index contributed by atoms with van der Waals surface area (Å²) in [5.74, 6) is 0. The Bertz CT molecular complexity index is 189. The molecular weight excluding hydrogens is 184 g/mol. The van der Waals surface area contributed by atoms with E-state index in [1.54, 1.807) is 0 Å². The summed E-state index contributed by atoms with van der Waals surface area (Å²) in [6.07, 6.45) is 5.15. The number of hydrogen-bond acceptors (Lipinski definition) is 2. The van der Waals surface area contributed by atoms with E-state index in [-0.39, 0.29) is 0 Å². The lowest BCUT2D eigenvalue weighted by molar-refractivity contribution is 0.169.